The van der Waals surface area contributed by atoms with Gasteiger partial charge in [-0.1, -0.05) is 0 Å². The molecule has 0 radical (unpaired) electrons. The summed E-state index contributed by atoms with van der Waals surface area (Å²) < 4.78 is 47.7. The third-order valence-electron chi connectivity index (χ3n) is 6.16. The molecular weight excluding hydrogens is 383 g/mol. The quantitative estimate of drug-likeness (QED) is 0.776. The smallest absolute Gasteiger partial charge is 0.243 e. The van der Waals surface area contributed by atoms with Crippen LogP contribution in [0.2, 0.25) is 0 Å². The lowest BCUT2D eigenvalue weighted by Gasteiger charge is -2.40. The van der Waals surface area contributed by atoms with Gasteiger partial charge in [-0.25, -0.2) is 12.8 Å². The summed E-state index contributed by atoms with van der Waals surface area (Å²) in [6, 6.07) is 5.06. The highest BCUT2D eigenvalue weighted by molar-refractivity contribution is 7.89. The number of halogens is 1. The normalized spacial score (nSPS) is 20.1. The van der Waals surface area contributed by atoms with Gasteiger partial charge >= 0.3 is 0 Å². The van der Waals surface area contributed by atoms with Gasteiger partial charge in [-0.15, -0.1) is 10.2 Å². The number of ether oxygens (including phenoxy) is 1. The predicted molar refractivity (Wildman–Crippen MR) is 100 cm³/mol. The minimum absolute atomic E-state index is 0.125. The Morgan fingerprint density at radius 3 is 2.43 bits per heavy atom. The minimum atomic E-state index is -3.58. The molecule has 1 fully saturated rings. The van der Waals surface area contributed by atoms with Gasteiger partial charge in [0.05, 0.1) is 4.90 Å². The summed E-state index contributed by atoms with van der Waals surface area (Å²) in [4.78, 5) is 0.154. The van der Waals surface area contributed by atoms with Crippen molar-refractivity contribution >= 4 is 10.0 Å². The molecule has 1 aromatic carbocycles. The van der Waals surface area contributed by atoms with Crippen LogP contribution in [-0.4, -0.2) is 47.7 Å². The first-order valence-electron chi connectivity index (χ1n) is 9.59. The second-order valence-corrected chi connectivity index (χ2v) is 9.66. The standard InChI is InChI=1S/C19H25FN4O3S/c1-27-14-18-22-21-17-6-7-19(10-13-24(17)18)8-11-23(12-9-19)28(25,26)16-4-2-15(20)3-5-16/h2-5H,6-14H2,1H3. The molecule has 2 aliphatic rings. The van der Waals surface area contributed by atoms with Gasteiger partial charge < -0.3 is 9.30 Å². The molecule has 0 saturated carbocycles. The molecule has 0 amide bonds. The van der Waals surface area contributed by atoms with Crippen molar-refractivity contribution in [1.82, 2.24) is 19.1 Å². The molecule has 0 N–H and O–H groups in total. The van der Waals surface area contributed by atoms with E-state index in [9.17, 15) is 12.8 Å². The Hall–Kier alpha value is -1.84. The van der Waals surface area contributed by atoms with Crippen LogP contribution in [0.4, 0.5) is 4.39 Å². The first kappa shape index (κ1) is 19.5. The second-order valence-electron chi connectivity index (χ2n) is 7.73. The molecule has 1 saturated heterocycles. The Balaban J connectivity index is 1.44. The first-order valence-corrected chi connectivity index (χ1v) is 11.0. The summed E-state index contributed by atoms with van der Waals surface area (Å²) in [5.74, 6) is 1.41. The Bertz CT molecular complexity index is 935. The molecule has 0 unspecified atom stereocenters. The topological polar surface area (TPSA) is 77.3 Å². The SMILES string of the molecule is COCc1nnc2n1CCC1(CC2)CCN(S(=O)(=O)c2ccc(F)cc2)CC1. The summed E-state index contributed by atoms with van der Waals surface area (Å²) in [6.45, 7) is 2.27. The lowest BCUT2D eigenvalue weighted by Crippen LogP contribution is -2.43. The van der Waals surface area contributed by atoms with Crippen LogP contribution in [0.5, 0.6) is 0 Å². The maximum atomic E-state index is 13.1. The Morgan fingerprint density at radius 2 is 1.75 bits per heavy atom. The van der Waals surface area contributed by atoms with Crippen LogP contribution >= 0.6 is 0 Å². The van der Waals surface area contributed by atoms with Crippen molar-refractivity contribution in [3.8, 4) is 0 Å². The molecule has 1 aromatic heterocycles. The summed E-state index contributed by atoms with van der Waals surface area (Å²) in [6.07, 6.45) is 4.47. The van der Waals surface area contributed by atoms with E-state index in [1.54, 1.807) is 7.11 Å². The van der Waals surface area contributed by atoms with Crippen molar-refractivity contribution < 1.29 is 17.5 Å². The number of benzene rings is 1. The monoisotopic (exact) mass is 408 g/mol. The van der Waals surface area contributed by atoms with Crippen LogP contribution < -0.4 is 0 Å². The molecule has 4 rings (SSSR count). The van der Waals surface area contributed by atoms with Crippen LogP contribution in [0, 0.1) is 11.2 Å². The number of hydrogen-bond donors (Lipinski definition) is 0. The lowest BCUT2D eigenvalue weighted by molar-refractivity contribution is 0.127. The van der Waals surface area contributed by atoms with Gasteiger partial charge in [0, 0.05) is 33.2 Å². The van der Waals surface area contributed by atoms with Gasteiger partial charge in [0.25, 0.3) is 0 Å². The average molecular weight is 408 g/mol. The number of aryl methyl sites for hydroxylation is 1. The highest BCUT2D eigenvalue weighted by Gasteiger charge is 2.39. The maximum absolute atomic E-state index is 13.1. The third-order valence-corrected chi connectivity index (χ3v) is 8.07. The molecule has 0 bridgehead atoms. The van der Waals surface area contributed by atoms with Crippen LogP contribution in [-0.2, 0) is 34.3 Å². The number of piperidine rings is 1. The zero-order valence-electron chi connectivity index (χ0n) is 16.0. The van der Waals surface area contributed by atoms with E-state index >= 15 is 0 Å². The van der Waals surface area contributed by atoms with E-state index in [0.717, 1.165) is 50.3 Å². The van der Waals surface area contributed by atoms with E-state index in [4.69, 9.17) is 4.74 Å². The van der Waals surface area contributed by atoms with Gasteiger partial charge in [0.1, 0.15) is 18.2 Å². The largest absolute Gasteiger partial charge is 0.377 e. The van der Waals surface area contributed by atoms with Gasteiger partial charge in [0.2, 0.25) is 10.0 Å². The number of sulfonamides is 1. The molecular formula is C19H25FN4O3S. The van der Waals surface area contributed by atoms with Crippen LogP contribution in [0.3, 0.4) is 0 Å². The molecule has 2 aromatic rings. The molecule has 152 valence electrons. The Kier molecular flexibility index (Phi) is 5.24. The van der Waals surface area contributed by atoms with Gasteiger partial charge in [-0.2, -0.15) is 4.31 Å². The van der Waals surface area contributed by atoms with E-state index in [1.807, 2.05) is 0 Å². The predicted octanol–water partition coefficient (Wildman–Crippen LogP) is 2.37. The fraction of sp³-hybridized carbons (Fsp3) is 0.579. The fourth-order valence-corrected chi connectivity index (χ4v) is 5.80. The van der Waals surface area contributed by atoms with E-state index < -0.39 is 15.8 Å². The van der Waals surface area contributed by atoms with Gasteiger partial charge in [-0.3, -0.25) is 0 Å². The molecule has 0 atom stereocenters. The molecule has 1 spiro atoms. The van der Waals surface area contributed by atoms with Crippen LogP contribution in [0.15, 0.2) is 29.2 Å². The minimum Gasteiger partial charge on any atom is -0.377 e. The maximum Gasteiger partial charge on any atom is 0.243 e. The highest BCUT2D eigenvalue weighted by atomic mass is 32.2. The summed E-state index contributed by atoms with van der Waals surface area (Å²) in [5, 5.41) is 8.53. The Morgan fingerprint density at radius 1 is 1.07 bits per heavy atom. The molecule has 2 aliphatic heterocycles. The molecule has 7 nitrogen and oxygen atoms in total. The fourth-order valence-electron chi connectivity index (χ4n) is 4.36. The van der Waals surface area contributed by atoms with Crippen molar-refractivity contribution in [3.05, 3.63) is 41.7 Å². The van der Waals surface area contributed by atoms with Crippen molar-refractivity contribution in [2.24, 2.45) is 5.41 Å². The van der Waals surface area contributed by atoms with Crippen LogP contribution in [0.1, 0.15) is 37.3 Å². The lowest BCUT2D eigenvalue weighted by atomic mass is 9.73. The van der Waals surface area contributed by atoms with Crippen molar-refractivity contribution in [2.45, 2.75) is 50.2 Å². The average Bonchev–Trinajstić information content (AvgIpc) is 2.99. The number of aromatic nitrogens is 3. The van der Waals surface area contributed by atoms with Gasteiger partial charge in [-0.05, 0) is 55.4 Å². The summed E-state index contributed by atoms with van der Waals surface area (Å²) in [7, 11) is -1.93. The Labute approximate surface area is 164 Å². The number of methoxy groups -OCH3 is 1. The second kappa shape index (κ2) is 7.53. The van der Waals surface area contributed by atoms with E-state index in [1.165, 1.54) is 28.6 Å². The van der Waals surface area contributed by atoms with Gasteiger partial charge in [0.15, 0.2) is 5.82 Å². The third kappa shape index (κ3) is 3.58. The highest BCUT2D eigenvalue weighted by Crippen LogP contribution is 2.42. The van der Waals surface area contributed by atoms with Crippen molar-refractivity contribution in [2.75, 3.05) is 20.2 Å². The van der Waals surface area contributed by atoms with Crippen molar-refractivity contribution in [1.29, 1.82) is 0 Å². The van der Waals surface area contributed by atoms with E-state index in [2.05, 4.69) is 14.8 Å². The zero-order valence-corrected chi connectivity index (χ0v) is 16.8. The molecule has 3 heterocycles. The zero-order chi connectivity index (χ0) is 19.8. The molecule has 28 heavy (non-hydrogen) atoms. The number of fused-ring (bicyclic) bond motifs is 1. The molecule has 0 aliphatic carbocycles. The van der Waals surface area contributed by atoms with E-state index in [-0.39, 0.29) is 10.3 Å². The van der Waals surface area contributed by atoms with E-state index in [0.29, 0.717) is 19.7 Å². The number of rotatable bonds is 4. The number of nitrogens with zero attached hydrogens (tertiary/aromatic N) is 4. The first-order chi connectivity index (χ1) is 13.4. The summed E-state index contributed by atoms with van der Waals surface area (Å²) >= 11 is 0. The summed E-state index contributed by atoms with van der Waals surface area (Å²) in [5.41, 5.74) is 0.125. The molecule has 9 heteroatoms. The van der Waals surface area contributed by atoms with Crippen LogP contribution in [0.25, 0.3) is 0 Å². The van der Waals surface area contributed by atoms with Crippen molar-refractivity contribution in [3.63, 3.8) is 0 Å². The number of hydrogen-bond acceptors (Lipinski definition) is 5.